The van der Waals surface area contributed by atoms with Gasteiger partial charge in [-0.3, -0.25) is 4.79 Å². The van der Waals surface area contributed by atoms with E-state index in [2.05, 4.69) is 5.32 Å². The van der Waals surface area contributed by atoms with Crippen molar-refractivity contribution in [2.24, 2.45) is 0 Å². The van der Waals surface area contributed by atoms with Crippen molar-refractivity contribution in [3.63, 3.8) is 0 Å². The highest BCUT2D eigenvalue weighted by Crippen LogP contribution is 2.26. The van der Waals surface area contributed by atoms with E-state index in [1.54, 1.807) is 6.07 Å². The van der Waals surface area contributed by atoms with Gasteiger partial charge in [0.15, 0.2) is 6.10 Å². The zero-order chi connectivity index (χ0) is 17.9. The third-order valence-electron chi connectivity index (χ3n) is 3.01. The first-order chi connectivity index (χ1) is 11.3. The molecule has 24 heavy (non-hydrogen) atoms. The average molecular weight is 391 g/mol. The van der Waals surface area contributed by atoms with Crippen molar-refractivity contribution in [2.75, 3.05) is 5.32 Å². The molecule has 0 saturated heterocycles. The topological polar surface area (TPSA) is 55.4 Å². The van der Waals surface area contributed by atoms with Gasteiger partial charge in [-0.1, -0.05) is 40.9 Å². The molecule has 1 amide bonds. The van der Waals surface area contributed by atoms with Crippen LogP contribution in [0.25, 0.3) is 0 Å². The fourth-order valence-electron chi connectivity index (χ4n) is 1.79. The van der Waals surface area contributed by atoms with Gasteiger partial charge in [0.2, 0.25) is 0 Å². The second-order valence-corrected chi connectivity index (χ2v) is 6.01. The lowest BCUT2D eigenvalue weighted by atomic mass is 10.2. The third-order valence-corrected chi connectivity index (χ3v) is 3.87. The number of carbonyl (C=O) groups excluding carboxylic acids is 2. The highest BCUT2D eigenvalue weighted by molar-refractivity contribution is 6.36. The molecule has 2 rings (SSSR count). The van der Waals surface area contributed by atoms with E-state index in [4.69, 9.17) is 39.5 Å². The Kier molecular flexibility index (Phi) is 6.04. The molecule has 0 heterocycles. The van der Waals surface area contributed by atoms with Crippen molar-refractivity contribution >= 4 is 52.4 Å². The van der Waals surface area contributed by atoms with Gasteiger partial charge in [-0.2, -0.15) is 0 Å². The molecule has 126 valence electrons. The molecular weight excluding hydrogens is 380 g/mol. The van der Waals surface area contributed by atoms with Gasteiger partial charge >= 0.3 is 5.97 Å². The van der Waals surface area contributed by atoms with Crippen molar-refractivity contribution in [1.29, 1.82) is 0 Å². The zero-order valence-electron chi connectivity index (χ0n) is 12.3. The van der Waals surface area contributed by atoms with Crippen LogP contribution in [0.4, 0.5) is 10.1 Å². The molecule has 0 fully saturated rings. The number of nitrogens with one attached hydrogen (secondary N) is 1. The van der Waals surface area contributed by atoms with E-state index < -0.39 is 29.4 Å². The van der Waals surface area contributed by atoms with E-state index in [0.717, 1.165) is 6.07 Å². The summed E-state index contributed by atoms with van der Waals surface area (Å²) in [5.74, 6) is -2.51. The van der Waals surface area contributed by atoms with Crippen LogP contribution in [-0.2, 0) is 9.53 Å². The van der Waals surface area contributed by atoms with Crippen LogP contribution in [-0.4, -0.2) is 18.0 Å². The second-order valence-electron chi connectivity index (χ2n) is 4.76. The zero-order valence-corrected chi connectivity index (χ0v) is 14.5. The van der Waals surface area contributed by atoms with Crippen LogP contribution < -0.4 is 5.32 Å². The quantitative estimate of drug-likeness (QED) is 0.750. The fraction of sp³-hybridized carbons (Fsp3) is 0.125. The van der Waals surface area contributed by atoms with Crippen molar-refractivity contribution in [1.82, 2.24) is 0 Å². The number of hydrogen-bond acceptors (Lipinski definition) is 3. The second kappa shape index (κ2) is 7.83. The Labute approximate surface area is 152 Å². The first kappa shape index (κ1) is 18.5. The molecule has 1 atom stereocenters. The first-order valence-electron chi connectivity index (χ1n) is 6.70. The summed E-state index contributed by atoms with van der Waals surface area (Å²) in [4.78, 5) is 24.1. The summed E-state index contributed by atoms with van der Waals surface area (Å²) in [5.41, 5.74) is -0.124. The number of rotatable bonds is 4. The van der Waals surface area contributed by atoms with Crippen LogP contribution >= 0.6 is 34.8 Å². The summed E-state index contributed by atoms with van der Waals surface area (Å²) in [7, 11) is 0. The molecule has 4 nitrogen and oxygen atoms in total. The Hall–Kier alpha value is -1.82. The third kappa shape index (κ3) is 4.38. The highest BCUT2D eigenvalue weighted by atomic mass is 35.5. The summed E-state index contributed by atoms with van der Waals surface area (Å²) >= 11 is 17.5. The molecule has 2 aromatic carbocycles. The summed E-state index contributed by atoms with van der Waals surface area (Å²) in [5, 5.41) is 3.02. The molecule has 1 N–H and O–H groups in total. The van der Waals surface area contributed by atoms with E-state index in [1.165, 1.54) is 31.2 Å². The van der Waals surface area contributed by atoms with Crippen LogP contribution in [0.3, 0.4) is 0 Å². The van der Waals surface area contributed by atoms with Crippen LogP contribution in [0.1, 0.15) is 17.3 Å². The van der Waals surface area contributed by atoms with E-state index in [0.29, 0.717) is 10.7 Å². The predicted octanol–water partition coefficient (Wildman–Crippen LogP) is 4.97. The Balaban J connectivity index is 2.07. The Morgan fingerprint density at radius 1 is 1.12 bits per heavy atom. The number of halogens is 4. The highest BCUT2D eigenvalue weighted by Gasteiger charge is 2.23. The van der Waals surface area contributed by atoms with Crippen molar-refractivity contribution < 1.29 is 18.7 Å². The standard InChI is InChI=1S/C16H11Cl3FNO3/c1-8(15(22)21-13-6-5-9(17)7-11(13)19)24-16(23)14-10(18)3-2-4-12(14)20/h2-8H,1H3,(H,21,22). The van der Waals surface area contributed by atoms with E-state index in [9.17, 15) is 14.0 Å². The summed E-state index contributed by atoms with van der Waals surface area (Å²) < 4.78 is 18.6. The lowest BCUT2D eigenvalue weighted by molar-refractivity contribution is -0.123. The minimum Gasteiger partial charge on any atom is -0.449 e. The lowest BCUT2D eigenvalue weighted by Gasteiger charge is -2.15. The predicted molar refractivity (Wildman–Crippen MR) is 91.4 cm³/mol. The van der Waals surface area contributed by atoms with Crippen LogP contribution in [0.5, 0.6) is 0 Å². The van der Waals surface area contributed by atoms with Gasteiger partial charge in [-0.25, -0.2) is 9.18 Å². The minimum absolute atomic E-state index is 0.103. The Bertz CT molecular complexity index is 778. The molecule has 0 aliphatic heterocycles. The summed E-state index contributed by atoms with van der Waals surface area (Å²) in [6.45, 7) is 1.34. The van der Waals surface area contributed by atoms with Gasteiger partial charge in [0.05, 0.1) is 15.7 Å². The average Bonchev–Trinajstić information content (AvgIpc) is 2.49. The van der Waals surface area contributed by atoms with Crippen molar-refractivity contribution in [2.45, 2.75) is 13.0 Å². The molecule has 1 unspecified atom stereocenters. The molecular formula is C16H11Cl3FNO3. The Morgan fingerprint density at radius 2 is 1.83 bits per heavy atom. The van der Waals surface area contributed by atoms with Gasteiger partial charge in [-0.05, 0) is 37.3 Å². The first-order valence-corrected chi connectivity index (χ1v) is 7.84. The molecule has 0 radical (unpaired) electrons. The van der Waals surface area contributed by atoms with Crippen LogP contribution in [0, 0.1) is 5.82 Å². The number of carbonyl (C=O) groups is 2. The molecule has 0 saturated carbocycles. The molecule has 0 aromatic heterocycles. The molecule has 8 heteroatoms. The normalized spacial score (nSPS) is 11.7. The van der Waals surface area contributed by atoms with Gasteiger partial charge in [-0.15, -0.1) is 0 Å². The maximum atomic E-state index is 13.7. The minimum atomic E-state index is -1.19. The maximum Gasteiger partial charge on any atom is 0.343 e. The van der Waals surface area contributed by atoms with Crippen molar-refractivity contribution in [3.8, 4) is 0 Å². The monoisotopic (exact) mass is 389 g/mol. The summed E-state index contributed by atoms with van der Waals surface area (Å²) in [6.07, 6.45) is -1.19. The fourth-order valence-corrected chi connectivity index (χ4v) is 2.49. The molecule has 0 spiro atoms. The number of amides is 1. The van der Waals surface area contributed by atoms with Gasteiger partial charge in [0.1, 0.15) is 11.4 Å². The largest absolute Gasteiger partial charge is 0.449 e. The van der Waals surface area contributed by atoms with Crippen LogP contribution in [0.15, 0.2) is 36.4 Å². The maximum absolute atomic E-state index is 13.7. The number of ether oxygens (including phenoxy) is 1. The lowest BCUT2D eigenvalue weighted by Crippen LogP contribution is -2.30. The van der Waals surface area contributed by atoms with E-state index in [1.807, 2.05) is 0 Å². The Morgan fingerprint density at radius 3 is 2.46 bits per heavy atom. The number of esters is 1. The molecule has 0 bridgehead atoms. The summed E-state index contributed by atoms with van der Waals surface area (Å²) in [6, 6.07) is 8.27. The van der Waals surface area contributed by atoms with Crippen LogP contribution in [0.2, 0.25) is 15.1 Å². The van der Waals surface area contributed by atoms with Gasteiger partial charge in [0, 0.05) is 5.02 Å². The van der Waals surface area contributed by atoms with Crippen molar-refractivity contribution in [3.05, 3.63) is 62.8 Å². The van der Waals surface area contributed by atoms with Gasteiger partial charge < -0.3 is 10.1 Å². The van der Waals surface area contributed by atoms with E-state index >= 15 is 0 Å². The molecule has 0 aliphatic carbocycles. The number of hydrogen-bond donors (Lipinski definition) is 1. The molecule has 0 aliphatic rings. The van der Waals surface area contributed by atoms with E-state index in [-0.39, 0.29) is 10.0 Å². The number of anilines is 1. The SMILES string of the molecule is CC(OC(=O)c1c(F)cccc1Cl)C(=O)Nc1ccc(Cl)cc1Cl. The van der Waals surface area contributed by atoms with Gasteiger partial charge in [0.25, 0.3) is 5.91 Å². The number of benzene rings is 2. The smallest absolute Gasteiger partial charge is 0.343 e. The molecule has 2 aromatic rings.